The van der Waals surface area contributed by atoms with Crippen LogP contribution >= 0.6 is 0 Å². The first-order valence-electron chi connectivity index (χ1n) is 5.41. The molecule has 5 heteroatoms. The first kappa shape index (κ1) is 12.0. The van der Waals surface area contributed by atoms with Crippen molar-refractivity contribution in [2.45, 2.75) is 18.9 Å². The van der Waals surface area contributed by atoms with Crippen molar-refractivity contribution in [3.8, 4) is 0 Å². The molecule has 0 radical (unpaired) electrons. The molecule has 17 heavy (non-hydrogen) atoms. The van der Waals surface area contributed by atoms with Gasteiger partial charge in [-0.1, -0.05) is 6.07 Å². The molecule has 0 saturated carbocycles. The van der Waals surface area contributed by atoms with Gasteiger partial charge in [0.1, 0.15) is 6.61 Å². The van der Waals surface area contributed by atoms with Crippen molar-refractivity contribution < 1.29 is 23.0 Å². The Morgan fingerprint density at radius 2 is 2.29 bits per heavy atom. The second-order valence-corrected chi connectivity index (χ2v) is 3.83. The van der Waals surface area contributed by atoms with E-state index in [-0.39, 0.29) is 18.3 Å². The van der Waals surface area contributed by atoms with Gasteiger partial charge >= 0.3 is 5.97 Å². The third-order valence-electron chi connectivity index (χ3n) is 2.60. The molecule has 1 fully saturated rings. The monoisotopic (exact) mass is 242 g/mol. The maximum Gasteiger partial charge on any atom is 0.341 e. The van der Waals surface area contributed by atoms with Gasteiger partial charge in [-0.15, -0.1) is 0 Å². The minimum atomic E-state index is -1.18. The Kier molecular flexibility index (Phi) is 3.68. The molecule has 0 amide bonds. The Labute approximate surface area is 97.3 Å². The predicted molar refractivity (Wildman–Crippen MR) is 55.6 cm³/mol. The van der Waals surface area contributed by atoms with Crippen LogP contribution in [0.4, 0.5) is 8.78 Å². The highest BCUT2D eigenvalue weighted by Crippen LogP contribution is 2.15. The van der Waals surface area contributed by atoms with Crippen LogP contribution in [-0.4, -0.2) is 25.3 Å². The van der Waals surface area contributed by atoms with Gasteiger partial charge in [0, 0.05) is 6.61 Å². The molecule has 1 aromatic carbocycles. The molecule has 1 aliphatic rings. The number of carbonyl (C=O) groups excluding carboxylic acids is 1. The number of hydrogen-bond acceptors (Lipinski definition) is 3. The smallest absolute Gasteiger partial charge is 0.341 e. The molecule has 1 aromatic rings. The molecule has 92 valence electrons. The maximum atomic E-state index is 13.2. The molecular weight excluding hydrogens is 230 g/mol. The summed E-state index contributed by atoms with van der Waals surface area (Å²) >= 11 is 0. The van der Waals surface area contributed by atoms with Crippen LogP contribution in [0.2, 0.25) is 0 Å². The van der Waals surface area contributed by atoms with Crippen molar-refractivity contribution >= 4 is 5.97 Å². The molecule has 1 saturated heterocycles. The second kappa shape index (κ2) is 5.23. The van der Waals surface area contributed by atoms with Crippen LogP contribution < -0.4 is 0 Å². The zero-order valence-corrected chi connectivity index (χ0v) is 9.12. The van der Waals surface area contributed by atoms with Crippen LogP contribution in [0.5, 0.6) is 0 Å². The molecule has 0 spiro atoms. The lowest BCUT2D eigenvalue weighted by Gasteiger charge is -2.10. The van der Waals surface area contributed by atoms with Crippen molar-refractivity contribution in [2.75, 3.05) is 13.2 Å². The summed E-state index contributed by atoms with van der Waals surface area (Å²) in [5.41, 5.74) is -0.386. The molecule has 3 nitrogen and oxygen atoms in total. The summed E-state index contributed by atoms with van der Waals surface area (Å²) in [7, 11) is 0. The van der Waals surface area contributed by atoms with Gasteiger partial charge < -0.3 is 9.47 Å². The van der Waals surface area contributed by atoms with Crippen molar-refractivity contribution in [3.05, 3.63) is 35.4 Å². The van der Waals surface area contributed by atoms with Crippen LogP contribution in [0.3, 0.4) is 0 Å². The van der Waals surface area contributed by atoms with Gasteiger partial charge in [0.15, 0.2) is 11.6 Å². The lowest BCUT2D eigenvalue weighted by molar-refractivity contribution is 0.0157. The van der Waals surface area contributed by atoms with Gasteiger partial charge in [-0.3, -0.25) is 0 Å². The van der Waals surface area contributed by atoms with Crippen molar-refractivity contribution in [3.63, 3.8) is 0 Å². The quantitative estimate of drug-likeness (QED) is 0.763. The highest BCUT2D eigenvalue weighted by atomic mass is 19.2. The van der Waals surface area contributed by atoms with Gasteiger partial charge in [-0.2, -0.15) is 0 Å². The van der Waals surface area contributed by atoms with Crippen molar-refractivity contribution in [1.29, 1.82) is 0 Å². The van der Waals surface area contributed by atoms with Gasteiger partial charge in [0.2, 0.25) is 0 Å². The Bertz CT molecular complexity index is 414. The highest BCUT2D eigenvalue weighted by molar-refractivity contribution is 5.89. The molecule has 0 bridgehead atoms. The molecule has 0 aliphatic carbocycles. The number of rotatable bonds is 3. The summed E-state index contributed by atoms with van der Waals surface area (Å²) in [6, 6.07) is 3.41. The zero-order valence-electron chi connectivity index (χ0n) is 9.12. The van der Waals surface area contributed by atoms with E-state index in [0.717, 1.165) is 18.9 Å². The van der Waals surface area contributed by atoms with Crippen LogP contribution in [0, 0.1) is 11.6 Å². The van der Waals surface area contributed by atoms with Crippen LogP contribution in [0.1, 0.15) is 23.2 Å². The zero-order chi connectivity index (χ0) is 12.3. The van der Waals surface area contributed by atoms with E-state index in [2.05, 4.69) is 0 Å². The van der Waals surface area contributed by atoms with Gasteiger partial charge in [0.05, 0.1) is 11.7 Å². The number of ether oxygens (including phenoxy) is 2. The van der Waals surface area contributed by atoms with E-state index in [1.807, 2.05) is 0 Å². The average Bonchev–Trinajstić information content (AvgIpc) is 2.82. The third kappa shape index (κ3) is 2.79. The van der Waals surface area contributed by atoms with E-state index in [1.165, 1.54) is 12.1 Å². The number of hydrogen-bond donors (Lipinski definition) is 0. The van der Waals surface area contributed by atoms with Gasteiger partial charge in [-0.25, -0.2) is 13.6 Å². The van der Waals surface area contributed by atoms with Crippen LogP contribution in [0.25, 0.3) is 0 Å². The van der Waals surface area contributed by atoms with Crippen molar-refractivity contribution in [1.82, 2.24) is 0 Å². The van der Waals surface area contributed by atoms with E-state index in [1.54, 1.807) is 0 Å². The standard InChI is InChI=1S/C12H12F2O3/c13-10-5-1-4-9(11(10)14)12(15)17-7-8-3-2-6-16-8/h1,4-5,8H,2-3,6-7H2. The lowest BCUT2D eigenvalue weighted by Crippen LogP contribution is -2.18. The Morgan fingerprint density at radius 1 is 1.47 bits per heavy atom. The number of halogens is 2. The number of carbonyl (C=O) groups is 1. The predicted octanol–water partition coefficient (Wildman–Crippen LogP) is 2.30. The topological polar surface area (TPSA) is 35.5 Å². The first-order valence-corrected chi connectivity index (χ1v) is 5.41. The van der Waals surface area contributed by atoms with E-state index < -0.39 is 17.6 Å². The molecule has 2 rings (SSSR count). The minimum absolute atomic E-state index is 0.0782. The van der Waals surface area contributed by atoms with E-state index in [9.17, 15) is 13.6 Å². The SMILES string of the molecule is O=C(OCC1CCCO1)c1cccc(F)c1F. The van der Waals surface area contributed by atoms with E-state index in [4.69, 9.17) is 9.47 Å². The minimum Gasteiger partial charge on any atom is -0.459 e. The largest absolute Gasteiger partial charge is 0.459 e. The molecule has 0 N–H and O–H groups in total. The fraction of sp³-hybridized carbons (Fsp3) is 0.417. The highest BCUT2D eigenvalue weighted by Gasteiger charge is 2.20. The Balaban J connectivity index is 1.97. The third-order valence-corrected chi connectivity index (χ3v) is 2.60. The summed E-state index contributed by atoms with van der Waals surface area (Å²) in [5, 5.41) is 0. The Hall–Kier alpha value is -1.49. The van der Waals surface area contributed by atoms with Crippen LogP contribution in [-0.2, 0) is 9.47 Å². The average molecular weight is 242 g/mol. The molecule has 1 aliphatic heterocycles. The molecule has 1 heterocycles. The lowest BCUT2D eigenvalue weighted by atomic mass is 10.2. The normalized spacial score (nSPS) is 19.3. The number of benzene rings is 1. The fourth-order valence-corrected chi connectivity index (χ4v) is 1.68. The molecule has 0 aromatic heterocycles. The molecule has 1 unspecified atom stereocenters. The first-order chi connectivity index (χ1) is 8.18. The van der Waals surface area contributed by atoms with Gasteiger partial charge in [0.25, 0.3) is 0 Å². The van der Waals surface area contributed by atoms with E-state index >= 15 is 0 Å². The van der Waals surface area contributed by atoms with Crippen LogP contribution in [0.15, 0.2) is 18.2 Å². The fourth-order valence-electron chi connectivity index (χ4n) is 1.68. The summed E-state index contributed by atoms with van der Waals surface area (Å²) < 4.78 is 36.2. The van der Waals surface area contributed by atoms with E-state index in [0.29, 0.717) is 6.61 Å². The second-order valence-electron chi connectivity index (χ2n) is 3.83. The molecular formula is C12H12F2O3. The summed E-state index contributed by atoms with van der Waals surface area (Å²) in [5.74, 6) is -3.10. The Morgan fingerprint density at radius 3 is 3.00 bits per heavy atom. The maximum absolute atomic E-state index is 13.2. The number of esters is 1. The summed E-state index contributed by atoms with van der Waals surface area (Å²) in [6.45, 7) is 0.728. The summed E-state index contributed by atoms with van der Waals surface area (Å²) in [6.07, 6.45) is 1.62. The van der Waals surface area contributed by atoms with Gasteiger partial charge in [-0.05, 0) is 25.0 Å². The van der Waals surface area contributed by atoms with Crippen molar-refractivity contribution in [2.24, 2.45) is 0 Å². The summed E-state index contributed by atoms with van der Waals surface area (Å²) in [4.78, 5) is 11.5. The molecule has 1 atom stereocenters.